The molecule has 0 aromatic heterocycles. The Morgan fingerprint density at radius 2 is 2.10 bits per heavy atom. The van der Waals surface area contributed by atoms with E-state index in [9.17, 15) is 13.6 Å². The Kier molecular flexibility index (Phi) is 4.99. The molecule has 2 fully saturated rings. The molecule has 1 atom stereocenters. The molecule has 0 spiro atoms. The molecule has 3 nitrogen and oxygen atoms in total. The third-order valence-corrected chi connectivity index (χ3v) is 4.65. The first-order valence-electron chi connectivity index (χ1n) is 7.75. The minimum atomic E-state index is -2.68. The van der Waals surface area contributed by atoms with Crippen LogP contribution < -0.4 is 0 Å². The first-order valence-corrected chi connectivity index (χ1v) is 7.75. The van der Waals surface area contributed by atoms with E-state index >= 15 is 0 Å². The molecule has 5 heteroatoms. The topological polar surface area (TPSA) is 23.6 Å². The number of amides is 1. The summed E-state index contributed by atoms with van der Waals surface area (Å²) in [6.45, 7) is 7.09. The Morgan fingerprint density at radius 3 is 2.70 bits per heavy atom. The van der Waals surface area contributed by atoms with Crippen molar-refractivity contribution in [2.24, 2.45) is 11.8 Å². The summed E-state index contributed by atoms with van der Waals surface area (Å²) in [6, 6.07) is 0. The van der Waals surface area contributed by atoms with Gasteiger partial charge in [0.25, 0.3) is 5.92 Å². The lowest BCUT2D eigenvalue weighted by Crippen LogP contribution is -2.40. The predicted molar refractivity (Wildman–Crippen MR) is 74.8 cm³/mol. The molecule has 1 amide bonds. The molecule has 20 heavy (non-hydrogen) atoms. The van der Waals surface area contributed by atoms with Crippen LogP contribution in [0.4, 0.5) is 8.78 Å². The molecule has 2 aliphatic heterocycles. The van der Waals surface area contributed by atoms with Gasteiger partial charge in [0.15, 0.2) is 0 Å². The van der Waals surface area contributed by atoms with Gasteiger partial charge in [-0.2, -0.15) is 0 Å². The van der Waals surface area contributed by atoms with Crippen molar-refractivity contribution in [3.63, 3.8) is 0 Å². The smallest absolute Gasteiger partial charge is 0.267 e. The van der Waals surface area contributed by atoms with E-state index < -0.39 is 5.92 Å². The molecule has 0 aromatic carbocycles. The molecule has 2 saturated heterocycles. The maximum Gasteiger partial charge on any atom is 0.267 e. The van der Waals surface area contributed by atoms with Gasteiger partial charge in [-0.3, -0.25) is 4.79 Å². The summed E-state index contributed by atoms with van der Waals surface area (Å²) in [5.41, 5.74) is 0. The second kappa shape index (κ2) is 6.37. The summed E-state index contributed by atoms with van der Waals surface area (Å²) in [7, 11) is 0. The zero-order chi connectivity index (χ0) is 14.8. The van der Waals surface area contributed by atoms with Crippen LogP contribution in [0.1, 0.15) is 39.5 Å². The van der Waals surface area contributed by atoms with Crippen molar-refractivity contribution in [1.82, 2.24) is 9.80 Å². The Morgan fingerprint density at radius 1 is 1.35 bits per heavy atom. The second-order valence-corrected chi connectivity index (χ2v) is 6.62. The highest BCUT2D eigenvalue weighted by Gasteiger charge is 2.40. The molecule has 0 N–H and O–H groups in total. The number of carbonyl (C=O) groups is 1. The van der Waals surface area contributed by atoms with Gasteiger partial charge in [0.1, 0.15) is 0 Å². The van der Waals surface area contributed by atoms with E-state index in [2.05, 4.69) is 18.7 Å². The summed E-state index contributed by atoms with van der Waals surface area (Å²) in [4.78, 5) is 15.6. The molecule has 0 bridgehead atoms. The highest BCUT2D eigenvalue weighted by Crippen LogP contribution is 2.27. The minimum Gasteiger partial charge on any atom is -0.336 e. The number of hydrogen-bond donors (Lipinski definition) is 0. The van der Waals surface area contributed by atoms with Crippen LogP contribution in [-0.2, 0) is 4.79 Å². The first kappa shape index (κ1) is 15.7. The Labute approximate surface area is 120 Å². The van der Waals surface area contributed by atoms with Crippen molar-refractivity contribution in [2.75, 3.05) is 32.7 Å². The Bertz CT molecular complexity index is 347. The maximum atomic E-state index is 13.1. The molecule has 0 radical (unpaired) electrons. The molecule has 2 aliphatic rings. The fraction of sp³-hybridized carbons (Fsp3) is 0.933. The quantitative estimate of drug-likeness (QED) is 0.794. The Balaban J connectivity index is 1.73. The zero-order valence-corrected chi connectivity index (χ0v) is 12.6. The molecule has 0 aliphatic carbocycles. The summed E-state index contributed by atoms with van der Waals surface area (Å²) >= 11 is 0. The van der Waals surface area contributed by atoms with E-state index in [0.29, 0.717) is 24.8 Å². The van der Waals surface area contributed by atoms with E-state index in [1.165, 1.54) is 17.7 Å². The van der Waals surface area contributed by atoms with Gasteiger partial charge in [-0.1, -0.05) is 13.8 Å². The van der Waals surface area contributed by atoms with Gasteiger partial charge in [-0.25, -0.2) is 8.78 Å². The Hall–Kier alpha value is -0.710. The largest absolute Gasteiger partial charge is 0.336 e. The van der Waals surface area contributed by atoms with E-state index in [1.54, 1.807) is 0 Å². The molecule has 0 aromatic rings. The molecule has 0 saturated carbocycles. The van der Waals surface area contributed by atoms with Gasteiger partial charge in [0, 0.05) is 32.5 Å². The summed E-state index contributed by atoms with van der Waals surface area (Å²) in [5.74, 6) is -1.42. The van der Waals surface area contributed by atoms with Crippen LogP contribution in [0.15, 0.2) is 0 Å². The van der Waals surface area contributed by atoms with Crippen LogP contribution in [0.5, 0.6) is 0 Å². The van der Waals surface area contributed by atoms with Crippen molar-refractivity contribution >= 4 is 5.91 Å². The van der Waals surface area contributed by atoms with Crippen molar-refractivity contribution < 1.29 is 13.6 Å². The lowest BCUT2D eigenvalue weighted by molar-refractivity contribution is -0.132. The van der Waals surface area contributed by atoms with Crippen LogP contribution in [0.25, 0.3) is 0 Å². The number of likely N-dealkylation sites (tertiary alicyclic amines) is 2. The standard InChI is InChI=1S/C15H26F2N2O/c1-12(2)13-4-3-7-18(10-13)8-5-14(20)19-9-6-15(16,17)11-19/h12-13H,3-11H2,1-2H3/t13-/m1/s1. The van der Waals surface area contributed by atoms with Gasteiger partial charge >= 0.3 is 0 Å². The number of hydrogen-bond acceptors (Lipinski definition) is 2. The van der Waals surface area contributed by atoms with Crippen molar-refractivity contribution in [1.29, 1.82) is 0 Å². The van der Waals surface area contributed by atoms with E-state index in [-0.39, 0.29) is 25.4 Å². The molecular weight excluding hydrogens is 262 g/mol. The molecule has 116 valence electrons. The number of piperidine rings is 1. The SMILES string of the molecule is CC(C)[C@@H]1CCCN(CCC(=O)N2CCC(F)(F)C2)C1. The van der Waals surface area contributed by atoms with Crippen LogP contribution in [0.3, 0.4) is 0 Å². The van der Waals surface area contributed by atoms with E-state index in [0.717, 1.165) is 13.1 Å². The van der Waals surface area contributed by atoms with Crippen molar-refractivity contribution in [3.05, 3.63) is 0 Å². The summed E-state index contributed by atoms with van der Waals surface area (Å²) in [5, 5.41) is 0. The number of carbonyl (C=O) groups excluding carboxylic acids is 1. The molecule has 2 heterocycles. The van der Waals surface area contributed by atoms with Crippen LogP contribution >= 0.6 is 0 Å². The fourth-order valence-electron chi connectivity index (χ4n) is 3.20. The van der Waals surface area contributed by atoms with Gasteiger partial charge < -0.3 is 9.80 Å². The third-order valence-electron chi connectivity index (χ3n) is 4.65. The average molecular weight is 288 g/mol. The predicted octanol–water partition coefficient (Wildman–Crippen LogP) is 2.61. The lowest BCUT2D eigenvalue weighted by atomic mass is 9.88. The number of halogens is 2. The second-order valence-electron chi connectivity index (χ2n) is 6.62. The molecule has 0 unspecified atom stereocenters. The van der Waals surface area contributed by atoms with E-state index in [1.807, 2.05) is 0 Å². The number of alkyl halides is 2. The average Bonchev–Trinajstić information content (AvgIpc) is 2.77. The van der Waals surface area contributed by atoms with Crippen molar-refractivity contribution in [2.45, 2.75) is 45.5 Å². The van der Waals surface area contributed by atoms with Crippen LogP contribution in [0, 0.1) is 11.8 Å². The molecular formula is C15H26F2N2O. The summed E-state index contributed by atoms with van der Waals surface area (Å²) in [6.07, 6.45) is 2.64. The van der Waals surface area contributed by atoms with E-state index in [4.69, 9.17) is 0 Å². The highest BCUT2D eigenvalue weighted by molar-refractivity contribution is 5.76. The van der Waals surface area contributed by atoms with Crippen molar-refractivity contribution in [3.8, 4) is 0 Å². The minimum absolute atomic E-state index is 0.117. The fourth-order valence-corrected chi connectivity index (χ4v) is 3.20. The molecule has 2 rings (SSSR count). The third kappa shape index (κ3) is 4.14. The highest BCUT2D eigenvalue weighted by atomic mass is 19.3. The normalized spacial score (nSPS) is 27.2. The van der Waals surface area contributed by atoms with Crippen LogP contribution in [0.2, 0.25) is 0 Å². The first-order chi connectivity index (χ1) is 9.37. The van der Waals surface area contributed by atoms with Gasteiger partial charge in [0.05, 0.1) is 6.54 Å². The maximum absolute atomic E-state index is 13.1. The zero-order valence-electron chi connectivity index (χ0n) is 12.6. The van der Waals surface area contributed by atoms with Gasteiger partial charge in [-0.15, -0.1) is 0 Å². The van der Waals surface area contributed by atoms with Crippen LogP contribution in [-0.4, -0.2) is 54.4 Å². The number of nitrogens with zero attached hydrogens (tertiary/aromatic N) is 2. The van der Waals surface area contributed by atoms with Gasteiger partial charge in [0.2, 0.25) is 5.91 Å². The van der Waals surface area contributed by atoms with Gasteiger partial charge in [-0.05, 0) is 31.2 Å². The lowest BCUT2D eigenvalue weighted by Gasteiger charge is -2.34. The number of rotatable bonds is 4. The summed E-state index contributed by atoms with van der Waals surface area (Å²) < 4.78 is 26.2. The monoisotopic (exact) mass is 288 g/mol.